The molecule has 3 aromatic heterocycles. The highest BCUT2D eigenvalue weighted by Crippen LogP contribution is 2.34. The number of rotatable bonds is 5. The van der Waals surface area contributed by atoms with E-state index in [0.29, 0.717) is 12.1 Å². The van der Waals surface area contributed by atoms with Gasteiger partial charge < -0.3 is 0 Å². The summed E-state index contributed by atoms with van der Waals surface area (Å²) in [5.41, 5.74) is 2.62. The summed E-state index contributed by atoms with van der Waals surface area (Å²) in [6.45, 7) is 1.91. The first kappa shape index (κ1) is 21.5. The highest BCUT2D eigenvalue weighted by Gasteiger charge is 2.33. The number of amides is 1. The van der Waals surface area contributed by atoms with Crippen molar-refractivity contribution in [3.05, 3.63) is 92.4 Å². The molecule has 4 heterocycles. The molecule has 0 radical (unpaired) electrons. The van der Waals surface area contributed by atoms with Gasteiger partial charge in [-0.05, 0) is 53.8 Å². The number of thiophene rings is 1. The van der Waals surface area contributed by atoms with Gasteiger partial charge >= 0.3 is 5.69 Å². The summed E-state index contributed by atoms with van der Waals surface area (Å²) in [6, 6.07) is 13.3. The third kappa shape index (κ3) is 4.44. The van der Waals surface area contributed by atoms with Gasteiger partial charge in [0, 0.05) is 12.6 Å². The van der Waals surface area contributed by atoms with E-state index in [9.17, 15) is 14.0 Å². The Morgan fingerprint density at radius 3 is 2.79 bits per heavy atom. The predicted octanol–water partition coefficient (Wildman–Crippen LogP) is 4.07. The van der Waals surface area contributed by atoms with Crippen molar-refractivity contribution >= 4 is 40.4 Å². The van der Waals surface area contributed by atoms with E-state index in [0.717, 1.165) is 33.5 Å². The zero-order valence-corrected chi connectivity index (χ0v) is 19.1. The minimum absolute atomic E-state index is 0.0142. The number of aryl methyl sites for hydroxylation is 1. The second-order valence-corrected chi connectivity index (χ2v) is 9.43. The Morgan fingerprint density at radius 2 is 2.03 bits per heavy atom. The minimum atomic E-state index is -0.446. The van der Waals surface area contributed by atoms with E-state index in [4.69, 9.17) is 0 Å². The second-order valence-electron chi connectivity index (χ2n) is 7.54. The number of carbonyl (C=O) groups excluding carboxylic acids is 1. The Morgan fingerprint density at radius 1 is 1.21 bits per heavy atom. The third-order valence-electron chi connectivity index (χ3n) is 5.25. The molecule has 4 aromatic rings. The first-order valence-corrected chi connectivity index (χ1v) is 12.0. The molecule has 0 saturated carbocycles. The lowest BCUT2D eigenvalue weighted by Gasteiger charge is -2.21. The molecule has 1 aromatic carbocycles. The maximum absolute atomic E-state index is 13.5. The minimum Gasteiger partial charge on any atom is -0.272 e. The van der Waals surface area contributed by atoms with Crippen molar-refractivity contribution < 1.29 is 9.18 Å². The number of halogens is 1. The van der Waals surface area contributed by atoms with Crippen LogP contribution in [0.2, 0.25) is 0 Å². The fourth-order valence-corrected chi connectivity index (χ4v) is 5.04. The largest absolute Gasteiger partial charge is 0.355 e. The standard InChI is InChI=1S/C23H18FN5O2S2/c1-14-8-9-28-20(11-14)25-22(26-23(28)31)33-13-21(30)29-18(15-4-6-16(24)7-5-15)12-17(27-29)19-3-2-10-32-19/h2-11,18H,12-13H2,1H3/t18-/m0/s1. The van der Waals surface area contributed by atoms with Crippen LogP contribution in [-0.2, 0) is 4.79 Å². The summed E-state index contributed by atoms with van der Waals surface area (Å²) in [4.78, 5) is 34.9. The lowest BCUT2D eigenvalue weighted by molar-refractivity contribution is -0.130. The van der Waals surface area contributed by atoms with Crippen molar-refractivity contribution in [3.8, 4) is 0 Å². The summed E-state index contributed by atoms with van der Waals surface area (Å²) in [7, 11) is 0. The number of thioether (sulfide) groups is 1. The normalized spacial score (nSPS) is 15.8. The van der Waals surface area contributed by atoms with Crippen LogP contribution in [0.1, 0.15) is 28.5 Å². The summed E-state index contributed by atoms with van der Waals surface area (Å²) >= 11 is 2.65. The average Bonchev–Trinajstić information content (AvgIpc) is 3.48. The van der Waals surface area contributed by atoms with E-state index in [1.165, 1.54) is 21.5 Å². The number of hydrogen-bond acceptors (Lipinski definition) is 7. The molecular formula is C23H18FN5O2S2. The van der Waals surface area contributed by atoms with E-state index < -0.39 is 5.69 Å². The van der Waals surface area contributed by atoms with Crippen molar-refractivity contribution in [1.29, 1.82) is 0 Å². The van der Waals surface area contributed by atoms with E-state index >= 15 is 0 Å². The van der Waals surface area contributed by atoms with Crippen LogP contribution in [-0.4, -0.2) is 36.7 Å². The number of aromatic nitrogens is 3. The number of hydrazone groups is 1. The molecule has 1 amide bonds. The molecule has 1 atom stereocenters. The van der Waals surface area contributed by atoms with E-state index in [2.05, 4.69) is 15.1 Å². The van der Waals surface area contributed by atoms with E-state index in [-0.39, 0.29) is 28.7 Å². The number of pyridine rings is 1. The molecule has 0 aliphatic carbocycles. The van der Waals surface area contributed by atoms with Crippen LogP contribution in [0.4, 0.5) is 4.39 Å². The third-order valence-corrected chi connectivity index (χ3v) is 7.00. The van der Waals surface area contributed by atoms with Crippen LogP contribution in [0, 0.1) is 12.7 Å². The van der Waals surface area contributed by atoms with Crippen molar-refractivity contribution in [2.45, 2.75) is 24.5 Å². The number of fused-ring (bicyclic) bond motifs is 1. The van der Waals surface area contributed by atoms with Gasteiger partial charge in [0.1, 0.15) is 11.5 Å². The molecule has 0 spiro atoms. The molecular weight excluding hydrogens is 461 g/mol. The molecule has 0 unspecified atom stereocenters. The SMILES string of the molecule is Cc1ccn2c(=O)nc(SCC(=O)N3N=C(c4cccs4)C[C@H]3c3ccc(F)cc3)nc2c1. The Bertz CT molecular complexity index is 1420. The summed E-state index contributed by atoms with van der Waals surface area (Å²) in [5.74, 6) is -0.561. The van der Waals surface area contributed by atoms with Crippen LogP contribution >= 0.6 is 23.1 Å². The van der Waals surface area contributed by atoms with Crippen molar-refractivity contribution in [2.75, 3.05) is 5.75 Å². The molecule has 1 aliphatic rings. The van der Waals surface area contributed by atoms with Crippen molar-refractivity contribution in [1.82, 2.24) is 19.4 Å². The number of benzene rings is 1. The Balaban J connectivity index is 1.39. The number of hydrogen-bond donors (Lipinski definition) is 0. The van der Waals surface area contributed by atoms with Crippen LogP contribution < -0.4 is 5.69 Å². The van der Waals surface area contributed by atoms with Crippen molar-refractivity contribution in [3.63, 3.8) is 0 Å². The quantitative estimate of drug-likeness (QED) is 0.403. The zero-order valence-electron chi connectivity index (χ0n) is 17.5. The fourth-order valence-electron chi connectivity index (χ4n) is 3.63. The zero-order chi connectivity index (χ0) is 22.9. The lowest BCUT2D eigenvalue weighted by atomic mass is 10.0. The second kappa shape index (κ2) is 8.87. The predicted molar refractivity (Wildman–Crippen MR) is 126 cm³/mol. The molecule has 0 saturated heterocycles. The maximum Gasteiger partial charge on any atom is 0.355 e. The monoisotopic (exact) mass is 479 g/mol. The van der Waals surface area contributed by atoms with Gasteiger partial charge in [-0.3, -0.25) is 9.20 Å². The van der Waals surface area contributed by atoms with Gasteiger partial charge in [-0.15, -0.1) is 11.3 Å². The van der Waals surface area contributed by atoms with Gasteiger partial charge in [-0.2, -0.15) is 10.1 Å². The van der Waals surface area contributed by atoms with Gasteiger partial charge in [0.15, 0.2) is 5.16 Å². The van der Waals surface area contributed by atoms with E-state index in [1.54, 1.807) is 41.8 Å². The molecule has 10 heteroatoms. The fraction of sp³-hybridized carbons (Fsp3) is 0.174. The van der Waals surface area contributed by atoms with Crippen molar-refractivity contribution in [2.24, 2.45) is 5.10 Å². The lowest BCUT2D eigenvalue weighted by Crippen LogP contribution is -2.29. The highest BCUT2D eigenvalue weighted by molar-refractivity contribution is 7.99. The van der Waals surface area contributed by atoms with Crippen LogP contribution in [0.3, 0.4) is 0 Å². The molecule has 5 rings (SSSR count). The molecule has 0 bridgehead atoms. The van der Waals surface area contributed by atoms with Gasteiger partial charge in [0.25, 0.3) is 5.91 Å². The number of carbonyl (C=O) groups is 1. The molecule has 33 heavy (non-hydrogen) atoms. The maximum atomic E-state index is 13.5. The first-order valence-electron chi connectivity index (χ1n) is 10.2. The summed E-state index contributed by atoms with van der Waals surface area (Å²) in [6.07, 6.45) is 2.17. The molecule has 0 fully saturated rings. The molecule has 0 N–H and O–H groups in total. The highest BCUT2D eigenvalue weighted by atomic mass is 32.2. The summed E-state index contributed by atoms with van der Waals surface area (Å²) in [5, 5.41) is 8.25. The smallest absolute Gasteiger partial charge is 0.272 e. The van der Waals surface area contributed by atoms with Gasteiger partial charge in [-0.25, -0.2) is 19.2 Å². The molecule has 1 aliphatic heterocycles. The number of nitrogens with zero attached hydrogens (tertiary/aromatic N) is 5. The Labute approximate surface area is 196 Å². The van der Waals surface area contributed by atoms with Gasteiger partial charge in [-0.1, -0.05) is 30.0 Å². The first-order chi connectivity index (χ1) is 16.0. The Kier molecular flexibility index (Phi) is 5.77. The van der Waals surface area contributed by atoms with Crippen LogP contribution in [0.25, 0.3) is 5.65 Å². The van der Waals surface area contributed by atoms with Crippen LogP contribution in [0.5, 0.6) is 0 Å². The average molecular weight is 480 g/mol. The van der Waals surface area contributed by atoms with Crippen LogP contribution in [0.15, 0.2) is 75.2 Å². The van der Waals surface area contributed by atoms with E-state index in [1.807, 2.05) is 24.4 Å². The van der Waals surface area contributed by atoms with Gasteiger partial charge in [0.2, 0.25) is 0 Å². The topological polar surface area (TPSA) is 79.9 Å². The summed E-state index contributed by atoms with van der Waals surface area (Å²) < 4.78 is 14.8. The molecule has 7 nitrogen and oxygen atoms in total. The Hall–Kier alpha value is -3.37. The molecule has 166 valence electrons. The van der Waals surface area contributed by atoms with Gasteiger partial charge in [0.05, 0.1) is 22.4 Å².